The Morgan fingerprint density at radius 3 is 2.28 bits per heavy atom. The molecule has 0 radical (unpaired) electrons. The van der Waals surface area contributed by atoms with E-state index in [2.05, 4.69) is 0 Å². The van der Waals surface area contributed by atoms with Crippen molar-refractivity contribution < 1.29 is 39.8 Å². The van der Waals surface area contributed by atoms with Gasteiger partial charge < -0.3 is 9.47 Å². The Bertz CT molecular complexity index is 1050. The lowest BCUT2D eigenvalue weighted by Crippen LogP contribution is -2.54. The monoisotopic (exact) mass is 434 g/mol. The SMILES string of the molecule is O=S(=O)(c1ccc(C(F)(F)F)cc1)[C@@]12CCOCC1COc1c(F)ccc(F)c12. The van der Waals surface area contributed by atoms with E-state index in [1.807, 2.05) is 0 Å². The summed E-state index contributed by atoms with van der Waals surface area (Å²) in [6, 6.07) is 4.64. The Morgan fingerprint density at radius 2 is 1.62 bits per heavy atom. The molecule has 1 unspecified atom stereocenters. The average Bonchev–Trinajstić information content (AvgIpc) is 2.69. The van der Waals surface area contributed by atoms with Crippen molar-refractivity contribution in [1.29, 1.82) is 0 Å². The van der Waals surface area contributed by atoms with Gasteiger partial charge in [-0.15, -0.1) is 0 Å². The van der Waals surface area contributed by atoms with Crippen LogP contribution in [0.25, 0.3) is 0 Å². The third kappa shape index (κ3) is 2.92. The molecular formula is C19H15F5O4S. The Labute approximate surface area is 163 Å². The summed E-state index contributed by atoms with van der Waals surface area (Å²) in [6.07, 6.45) is -4.82. The highest BCUT2D eigenvalue weighted by Gasteiger charge is 2.59. The molecule has 0 N–H and O–H groups in total. The number of hydrogen-bond acceptors (Lipinski definition) is 4. The van der Waals surface area contributed by atoms with Gasteiger partial charge in [0.1, 0.15) is 10.6 Å². The molecular weight excluding hydrogens is 419 g/mol. The zero-order valence-corrected chi connectivity index (χ0v) is 15.6. The van der Waals surface area contributed by atoms with Crippen LogP contribution in [0.3, 0.4) is 0 Å². The predicted molar refractivity (Wildman–Crippen MR) is 91.1 cm³/mol. The van der Waals surface area contributed by atoms with Crippen molar-refractivity contribution in [3.8, 4) is 5.75 Å². The van der Waals surface area contributed by atoms with Gasteiger partial charge in [-0.25, -0.2) is 17.2 Å². The second-order valence-corrected chi connectivity index (χ2v) is 9.19. The standard InChI is InChI=1S/C19H15F5O4S/c20-14-5-6-15(21)17-16(14)18(7-8-27-9-12(18)10-28-17)29(25,26)13-3-1-11(2-4-13)19(22,23)24/h1-6,12H,7-10H2/t12?,18-/m0/s1. The quantitative estimate of drug-likeness (QED) is 0.669. The second-order valence-electron chi connectivity index (χ2n) is 6.98. The molecule has 2 aromatic carbocycles. The molecule has 156 valence electrons. The Balaban J connectivity index is 1.94. The highest BCUT2D eigenvalue weighted by Crippen LogP contribution is 2.54. The maximum absolute atomic E-state index is 14.8. The van der Waals surface area contributed by atoms with Gasteiger partial charge in [-0.2, -0.15) is 13.2 Å². The molecule has 1 saturated heterocycles. The van der Waals surface area contributed by atoms with Crippen molar-refractivity contribution in [1.82, 2.24) is 0 Å². The third-order valence-electron chi connectivity index (χ3n) is 5.48. The summed E-state index contributed by atoms with van der Waals surface area (Å²) >= 11 is 0. The van der Waals surface area contributed by atoms with E-state index in [-0.39, 0.29) is 26.2 Å². The summed E-state index contributed by atoms with van der Waals surface area (Å²) in [5.41, 5.74) is -1.45. The van der Waals surface area contributed by atoms with Gasteiger partial charge in [-0.3, -0.25) is 0 Å². The first-order valence-electron chi connectivity index (χ1n) is 8.70. The molecule has 2 aliphatic heterocycles. The number of rotatable bonds is 2. The van der Waals surface area contributed by atoms with Crippen LogP contribution >= 0.6 is 0 Å². The Morgan fingerprint density at radius 1 is 0.966 bits per heavy atom. The van der Waals surface area contributed by atoms with E-state index in [0.717, 1.165) is 24.3 Å². The minimum Gasteiger partial charge on any atom is -0.490 e. The number of ether oxygens (including phenoxy) is 2. The van der Waals surface area contributed by atoms with Crippen LogP contribution in [0, 0.1) is 17.6 Å². The lowest BCUT2D eigenvalue weighted by atomic mass is 9.79. The molecule has 2 aromatic rings. The lowest BCUT2D eigenvalue weighted by Gasteiger charge is -2.46. The van der Waals surface area contributed by atoms with Crippen LogP contribution in [0.2, 0.25) is 0 Å². The van der Waals surface area contributed by atoms with E-state index in [1.165, 1.54) is 0 Å². The summed E-state index contributed by atoms with van der Waals surface area (Å²) in [5.74, 6) is -3.21. The molecule has 10 heteroatoms. The van der Waals surface area contributed by atoms with Crippen LogP contribution < -0.4 is 4.74 Å². The molecule has 29 heavy (non-hydrogen) atoms. The van der Waals surface area contributed by atoms with Gasteiger partial charge in [0.15, 0.2) is 21.4 Å². The van der Waals surface area contributed by atoms with E-state index in [4.69, 9.17) is 9.47 Å². The number of benzene rings is 2. The minimum absolute atomic E-state index is 0.0360. The molecule has 0 spiro atoms. The fourth-order valence-corrected chi connectivity index (χ4v) is 6.37. The van der Waals surface area contributed by atoms with E-state index >= 15 is 0 Å². The molecule has 2 aliphatic rings. The van der Waals surface area contributed by atoms with Crippen LogP contribution in [-0.4, -0.2) is 28.2 Å². The molecule has 2 atom stereocenters. The van der Waals surface area contributed by atoms with Gasteiger partial charge in [0.05, 0.1) is 29.2 Å². The van der Waals surface area contributed by atoms with Crippen molar-refractivity contribution in [2.45, 2.75) is 22.2 Å². The zero-order valence-electron chi connectivity index (χ0n) is 14.8. The van der Waals surface area contributed by atoms with Gasteiger partial charge in [-0.05, 0) is 42.8 Å². The first kappa shape index (κ1) is 20.1. The highest BCUT2D eigenvalue weighted by molar-refractivity contribution is 7.92. The summed E-state index contributed by atoms with van der Waals surface area (Å²) in [4.78, 5) is -0.408. The lowest BCUT2D eigenvalue weighted by molar-refractivity contribution is -0.137. The first-order chi connectivity index (χ1) is 13.6. The molecule has 0 bridgehead atoms. The van der Waals surface area contributed by atoms with Crippen LogP contribution in [0.5, 0.6) is 5.75 Å². The second kappa shape index (κ2) is 6.66. The van der Waals surface area contributed by atoms with Crippen LogP contribution in [-0.2, 0) is 25.5 Å². The van der Waals surface area contributed by atoms with Gasteiger partial charge in [0.25, 0.3) is 0 Å². The average molecular weight is 434 g/mol. The molecule has 0 saturated carbocycles. The van der Waals surface area contributed by atoms with Gasteiger partial charge in [0.2, 0.25) is 0 Å². The van der Waals surface area contributed by atoms with Crippen LogP contribution in [0.4, 0.5) is 22.0 Å². The summed E-state index contributed by atoms with van der Waals surface area (Å²) in [6.45, 7) is -0.339. The van der Waals surface area contributed by atoms with Crippen molar-refractivity contribution in [2.75, 3.05) is 19.8 Å². The van der Waals surface area contributed by atoms with E-state index in [1.54, 1.807) is 0 Å². The summed E-state index contributed by atoms with van der Waals surface area (Å²) < 4.78 is 104. The smallest absolute Gasteiger partial charge is 0.416 e. The fraction of sp³-hybridized carbons (Fsp3) is 0.368. The van der Waals surface area contributed by atoms with Crippen molar-refractivity contribution in [2.24, 2.45) is 5.92 Å². The van der Waals surface area contributed by atoms with Crippen LogP contribution in [0.15, 0.2) is 41.3 Å². The molecule has 2 heterocycles. The number of halogens is 5. The topological polar surface area (TPSA) is 52.6 Å². The van der Waals surface area contributed by atoms with Gasteiger partial charge >= 0.3 is 6.18 Å². The van der Waals surface area contributed by atoms with E-state index in [0.29, 0.717) is 12.1 Å². The summed E-state index contributed by atoms with van der Waals surface area (Å²) in [5, 5.41) is 0. The third-order valence-corrected chi connectivity index (χ3v) is 8.07. The summed E-state index contributed by atoms with van der Waals surface area (Å²) in [7, 11) is -4.43. The molecule has 0 aromatic heterocycles. The number of sulfone groups is 1. The van der Waals surface area contributed by atoms with Crippen molar-refractivity contribution in [3.63, 3.8) is 0 Å². The van der Waals surface area contributed by atoms with Crippen LogP contribution in [0.1, 0.15) is 17.5 Å². The number of fused-ring (bicyclic) bond motifs is 3. The molecule has 1 fully saturated rings. The first-order valence-corrected chi connectivity index (χ1v) is 10.2. The minimum atomic E-state index is -4.64. The fourth-order valence-electron chi connectivity index (χ4n) is 4.07. The van der Waals surface area contributed by atoms with Gasteiger partial charge in [-0.1, -0.05) is 0 Å². The van der Waals surface area contributed by atoms with E-state index < -0.39 is 60.1 Å². The molecule has 0 amide bonds. The zero-order chi connectivity index (χ0) is 21.0. The predicted octanol–water partition coefficient (Wildman–Crippen LogP) is 4.08. The van der Waals surface area contributed by atoms with Crippen molar-refractivity contribution >= 4 is 9.84 Å². The largest absolute Gasteiger partial charge is 0.490 e. The molecule has 4 rings (SSSR count). The Hall–Kier alpha value is -2.20. The van der Waals surface area contributed by atoms with Gasteiger partial charge in [0, 0.05) is 12.5 Å². The maximum Gasteiger partial charge on any atom is 0.416 e. The van der Waals surface area contributed by atoms with E-state index in [9.17, 15) is 30.4 Å². The molecule has 0 aliphatic carbocycles. The highest BCUT2D eigenvalue weighted by atomic mass is 32.2. The molecule has 4 nitrogen and oxygen atoms in total. The maximum atomic E-state index is 14.8. The number of alkyl halides is 3. The normalized spacial score (nSPS) is 24.4. The number of hydrogen-bond donors (Lipinski definition) is 0. The van der Waals surface area contributed by atoms with Crippen molar-refractivity contribution in [3.05, 3.63) is 59.2 Å². The Kier molecular flexibility index (Phi) is 4.62.